The molecular weight excluding hydrogens is 259 g/mol. The molecule has 0 aliphatic rings. The Morgan fingerprint density at radius 3 is 2.42 bits per heavy atom. The molecule has 1 aromatic heterocycles. The van der Waals surface area contributed by atoms with Crippen molar-refractivity contribution in [1.29, 1.82) is 0 Å². The van der Waals surface area contributed by atoms with Crippen LogP contribution in [0.1, 0.15) is 17.4 Å². The number of furan rings is 1. The second-order valence-corrected chi connectivity index (χ2v) is 4.00. The van der Waals surface area contributed by atoms with Crippen LogP contribution in [0.15, 0.2) is 34.9 Å². The summed E-state index contributed by atoms with van der Waals surface area (Å²) in [6, 6.07) is 4.65. The summed E-state index contributed by atoms with van der Waals surface area (Å²) < 4.78 is 43.9. The van der Waals surface area contributed by atoms with Gasteiger partial charge in [-0.3, -0.25) is 0 Å². The Kier molecular flexibility index (Phi) is 4.24. The van der Waals surface area contributed by atoms with Crippen LogP contribution in [0.5, 0.6) is 0 Å². The molecule has 0 bridgehead atoms. The van der Waals surface area contributed by atoms with E-state index in [4.69, 9.17) is 4.42 Å². The molecule has 0 saturated carbocycles. The minimum Gasteiger partial charge on any atom is -0.468 e. The minimum absolute atomic E-state index is 0.0695. The molecule has 3 nitrogen and oxygen atoms in total. The molecule has 0 fully saturated rings. The molecule has 2 N–H and O–H groups in total. The Labute approximate surface area is 107 Å². The first-order valence-corrected chi connectivity index (χ1v) is 5.63. The van der Waals surface area contributed by atoms with E-state index in [9.17, 15) is 18.3 Å². The Bertz CT molecular complexity index is 520. The van der Waals surface area contributed by atoms with Crippen molar-refractivity contribution >= 4 is 0 Å². The van der Waals surface area contributed by atoms with Crippen molar-refractivity contribution in [3.8, 4) is 0 Å². The van der Waals surface area contributed by atoms with Gasteiger partial charge in [0.15, 0.2) is 17.5 Å². The standard InChI is InChI=1S/C13H12F3NO2/c14-9-4-8(5-10(15)13(9)16)6-17-11(7-18)12-2-1-3-19-12/h1-5,11,17-18H,6-7H2. The Balaban J connectivity index is 2.06. The van der Waals surface area contributed by atoms with Crippen molar-refractivity contribution in [3.63, 3.8) is 0 Å². The molecule has 6 heteroatoms. The van der Waals surface area contributed by atoms with E-state index >= 15 is 0 Å². The molecule has 2 aromatic rings. The Morgan fingerprint density at radius 2 is 1.89 bits per heavy atom. The van der Waals surface area contributed by atoms with Gasteiger partial charge in [-0.2, -0.15) is 0 Å². The fourth-order valence-electron chi connectivity index (χ4n) is 1.70. The topological polar surface area (TPSA) is 45.4 Å². The number of hydrogen-bond donors (Lipinski definition) is 2. The maximum absolute atomic E-state index is 13.0. The van der Waals surface area contributed by atoms with Crippen LogP contribution in [0, 0.1) is 17.5 Å². The van der Waals surface area contributed by atoms with E-state index in [0.717, 1.165) is 12.1 Å². The van der Waals surface area contributed by atoms with Crippen LogP contribution in [-0.4, -0.2) is 11.7 Å². The van der Waals surface area contributed by atoms with E-state index in [1.807, 2.05) is 0 Å². The number of aliphatic hydroxyl groups is 1. The fraction of sp³-hybridized carbons (Fsp3) is 0.231. The summed E-state index contributed by atoms with van der Waals surface area (Å²) in [6.45, 7) is -0.167. The minimum atomic E-state index is -1.49. The summed E-state index contributed by atoms with van der Waals surface area (Å²) >= 11 is 0. The zero-order chi connectivity index (χ0) is 13.8. The maximum atomic E-state index is 13.0. The maximum Gasteiger partial charge on any atom is 0.194 e. The molecular formula is C13H12F3NO2. The van der Waals surface area contributed by atoms with Gasteiger partial charge in [0.2, 0.25) is 0 Å². The highest BCUT2D eigenvalue weighted by atomic mass is 19.2. The summed E-state index contributed by atoms with van der Waals surface area (Å²) in [4.78, 5) is 0. The lowest BCUT2D eigenvalue weighted by Crippen LogP contribution is -2.23. The normalized spacial score (nSPS) is 12.6. The average Bonchev–Trinajstić information content (AvgIpc) is 2.90. The van der Waals surface area contributed by atoms with Crippen molar-refractivity contribution in [2.45, 2.75) is 12.6 Å². The van der Waals surface area contributed by atoms with E-state index in [1.165, 1.54) is 6.26 Å². The molecule has 1 heterocycles. The molecule has 2 rings (SSSR count). The number of hydrogen-bond acceptors (Lipinski definition) is 3. The first kappa shape index (κ1) is 13.6. The summed E-state index contributed by atoms with van der Waals surface area (Å²) in [5, 5.41) is 12.1. The lowest BCUT2D eigenvalue weighted by Gasteiger charge is -2.14. The molecule has 0 radical (unpaired) electrons. The smallest absolute Gasteiger partial charge is 0.194 e. The molecule has 0 aliphatic heterocycles. The first-order chi connectivity index (χ1) is 9.11. The van der Waals surface area contributed by atoms with Gasteiger partial charge in [-0.1, -0.05) is 0 Å². The second kappa shape index (κ2) is 5.90. The van der Waals surface area contributed by atoms with Crippen LogP contribution in [0.2, 0.25) is 0 Å². The van der Waals surface area contributed by atoms with Gasteiger partial charge >= 0.3 is 0 Å². The number of benzene rings is 1. The Hall–Kier alpha value is -1.79. The fourth-order valence-corrected chi connectivity index (χ4v) is 1.70. The van der Waals surface area contributed by atoms with Crippen molar-refractivity contribution < 1.29 is 22.7 Å². The zero-order valence-electron chi connectivity index (χ0n) is 9.87. The number of aliphatic hydroxyl groups excluding tert-OH is 1. The quantitative estimate of drug-likeness (QED) is 0.821. The van der Waals surface area contributed by atoms with Crippen molar-refractivity contribution in [3.05, 3.63) is 59.3 Å². The monoisotopic (exact) mass is 271 g/mol. The van der Waals surface area contributed by atoms with E-state index in [2.05, 4.69) is 5.32 Å². The van der Waals surface area contributed by atoms with E-state index in [0.29, 0.717) is 5.76 Å². The molecule has 1 atom stereocenters. The third-order valence-corrected chi connectivity index (χ3v) is 2.67. The summed E-state index contributed by atoms with van der Waals surface area (Å²) in [5.41, 5.74) is 0.237. The van der Waals surface area contributed by atoms with E-state index < -0.39 is 23.5 Å². The third-order valence-electron chi connectivity index (χ3n) is 2.67. The lowest BCUT2D eigenvalue weighted by atomic mass is 10.1. The van der Waals surface area contributed by atoms with Gasteiger partial charge in [0.05, 0.1) is 18.9 Å². The van der Waals surface area contributed by atoms with Crippen LogP contribution < -0.4 is 5.32 Å². The predicted molar refractivity (Wildman–Crippen MR) is 61.7 cm³/mol. The molecule has 19 heavy (non-hydrogen) atoms. The number of rotatable bonds is 5. The van der Waals surface area contributed by atoms with Crippen LogP contribution in [-0.2, 0) is 6.54 Å². The largest absolute Gasteiger partial charge is 0.468 e. The molecule has 1 aromatic carbocycles. The SMILES string of the molecule is OCC(NCc1cc(F)c(F)c(F)c1)c1ccco1. The van der Waals surface area contributed by atoms with Gasteiger partial charge in [-0.05, 0) is 29.8 Å². The van der Waals surface area contributed by atoms with Gasteiger partial charge < -0.3 is 14.8 Å². The van der Waals surface area contributed by atoms with Crippen molar-refractivity contribution in [1.82, 2.24) is 5.32 Å². The Morgan fingerprint density at radius 1 is 1.21 bits per heavy atom. The van der Waals surface area contributed by atoms with Crippen LogP contribution >= 0.6 is 0 Å². The third kappa shape index (κ3) is 3.15. The van der Waals surface area contributed by atoms with Gasteiger partial charge in [0.25, 0.3) is 0 Å². The zero-order valence-corrected chi connectivity index (χ0v) is 9.87. The highest BCUT2D eigenvalue weighted by Gasteiger charge is 2.14. The molecule has 0 amide bonds. The molecule has 102 valence electrons. The van der Waals surface area contributed by atoms with Gasteiger partial charge in [0.1, 0.15) is 5.76 Å². The molecule has 1 unspecified atom stereocenters. The second-order valence-electron chi connectivity index (χ2n) is 4.00. The lowest BCUT2D eigenvalue weighted by molar-refractivity contribution is 0.225. The van der Waals surface area contributed by atoms with Crippen LogP contribution in [0.25, 0.3) is 0 Å². The van der Waals surface area contributed by atoms with Gasteiger partial charge in [0, 0.05) is 6.54 Å². The summed E-state index contributed by atoms with van der Waals surface area (Å²) in [7, 11) is 0. The summed E-state index contributed by atoms with van der Waals surface area (Å²) in [5.74, 6) is -3.47. The highest BCUT2D eigenvalue weighted by molar-refractivity contribution is 5.19. The molecule has 0 spiro atoms. The van der Waals surface area contributed by atoms with Gasteiger partial charge in [-0.25, -0.2) is 13.2 Å². The van der Waals surface area contributed by atoms with E-state index in [1.54, 1.807) is 12.1 Å². The molecule has 0 saturated heterocycles. The van der Waals surface area contributed by atoms with Crippen LogP contribution in [0.3, 0.4) is 0 Å². The van der Waals surface area contributed by atoms with Crippen molar-refractivity contribution in [2.24, 2.45) is 0 Å². The predicted octanol–water partition coefficient (Wildman–Crippen LogP) is 2.52. The van der Waals surface area contributed by atoms with Gasteiger partial charge in [-0.15, -0.1) is 0 Å². The van der Waals surface area contributed by atoms with Crippen molar-refractivity contribution in [2.75, 3.05) is 6.61 Å². The number of nitrogens with one attached hydrogen (secondary N) is 1. The highest BCUT2D eigenvalue weighted by Crippen LogP contribution is 2.16. The first-order valence-electron chi connectivity index (χ1n) is 5.63. The summed E-state index contributed by atoms with van der Waals surface area (Å²) in [6.07, 6.45) is 1.46. The van der Waals surface area contributed by atoms with E-state index in [-0.39, 0.29) is 18.7 Å². The molecule has 0 aliphatic carbocycles. The average molecular weight is 271 g/mol. The van der Waals surface area contributed by atoms with Crippen LogP contribution in [0.4, 0.5) is 13.2 Å². The number of halogens is 3.